The van der Waals surface area contributed by atoms with E-state index in [9.17, 15) is 0 Å². The molecule has 0 saturated heterocycles. The van der Waals surface area contributed by atoms with E-state index >= 15 is 0 Å². The van der Waals surface area contributed by atoms with Crippen LogP contribution in [0.3, 0.4) is 0 Å². The van der Waals surface area contributed by atoms with Crippen molar-refractivity contribution in [3.63, 3.8) is 0 Å². The molecule has 0 heterocycles. The zero-order valence-electron chi connectivity index (χ0n) is 14.9. The molecule has 0 aliphatic heterocycles. The fourth-order valence-electron chi connectivity index (χ4n) is 3.36. The van der Waals surface area contributed by atoms with Crippen LogP contribution in [0.25, 0.3) is 0 Å². The van der Waals surface area contributed by atoms with Gasteiger partial charge in [-0.25, -0.2) is 0 Å². The summed E-state index contributed by atoms with van der Waals surface area (Å²) in [6.45, 7) is 6.80. The van der Waals surface area contributed by atoms with Crippen LogP contribution in [0.15, 0.2) is 84.9 Å². The first-order valence-electron chi connectivity index (χ1n) is 8.49. The predicted octanol–water partition coefficient (Wildman–Crippen LogP) is 5.28. The zero-order valence-corrected chi connectivity index (χ0v) is 16.6. The molecule has 0 aliphatic carbocycles. The molecule has 3 rings (SSSR count). The highest BCUT2D eigenvalue weighted by atomic mass is 35.5. The Balaban J connectivity index is 2.26. The molecule has 0 radical (unpaired) electrons. The molecule has 0 amide bonds. The summed E-state index contributed by atoms with van der Waals surface area (Å²) in [5.74, 6) is 0.821. The fraction of sp³-hybridized carbons (Fsp3) is 0.182. The van der Waals surface area contributed by atoms with Crippen molar-refractivity contribution in [3.05, 3.63) is 90.0 Å². The van der Waals surface area contributed by atoms with Crippen molar-refractivity contribution in [2.75, 3.05) is 0 Å². The summed E-state index contributed by atoms with van der Waals surface area (Å²) in [4.78, 5) is 0. The van der Waals surface area contributed by atoms with Crippen LogP contribution in [0.2, 0.25) is 10.1 Å². The van der Waals surface area contributed by atoms with Gasteiger partial charge in [0.05, 0.1) is 0 Å². The predicted molar refractivity (Wildman–Crippen MR) is 110 cm³/mol. The Kier molecular flexibility index (Phi) is 5.03. The second-order valence-electron chi connectivity index (χ2n) is 7.22. The van der Waals surface area contributed by atoms with E-state index in [0.29, 0.717) is 5.02 Å². The molecule has 0 aromatic heterocycles. The Bertz CT molecular complexity index is 786. The molecule has 3 heteroatoms. The second-order valence-corrected chi connectivity index (χ2v) is 11.9. The lowest BCUT2D eigenvalue weighted by molar-refractivity contribution is 0.508. The van der Waals surface area contributed by atoms with E-state index < -0.39 is 8.32 Å². The molecule has 25 heavy (non-hydrogen) atoms. The van der Waals surface area contributed by atoms with Gasteiger partial charge in [0.1, 0.15) is 5.75 Å². The zero-order chi connectivity index (χ0) is 17.9. The summed E-state index contributed by atoms with van der Waals surface area (Å²) in [5, 5.41) is 3.15. The van der Waals surface area contributed by atoms with E-state index in [1.54, 1.807) is 0 Å². The molecule has 0 N–H and O–H groups in total. The van der Waals surface area contributed by atoms with Gasteiger partial charge in [-0.15, -0.1) is 0 Å². The van der Waals surface area contributed by atoms with Crippen molar-refractivity contribution >= 4 is 30.3 Å². The SMILES string of the molecule is CC(C)(C)[Si](Oc1cccc(Cl)c1)(c1ccccc1)c1ccccc1. The van der Waals surface area contributed by atoms with E-state index in [1.807, 2.05) is 24.3 Å². The van der Waals surface area contributed by atoms with Crippen molar-refractivity contribution in [1.29, 1.82) is 0 Å². The Morgan fingerprint density at radius 3 is 1.68 bits per heavy atom. The van der Waals surface area contributed by atoms with Gasteiger partial charge >= 0.3 is 8.32 Å². The van der Waals surface area contributed by atoms with Gasteiger partial charge in [0, 0.05) is 5.02 Å². The average molecular weight is 367 g/mol. The molecule has 3 aromatic carbocycles. The van der Waals surface area contributed by atoms with Crippen molar-refractivity contribution in [2.24, 2.45) is 0 Å². The summed E-state index contributed by atoms with van der Waals surface area (Å²) in [6, 6.07) is 28.9. The van der Waals surface area contributed by atoms with Gasteiger partial charge < -0.3 is 4.43 Å². The van der Waals surface area contributed by atoms with Crippen molar-refractivity contribution in [2.45, 2.75) is 25.8 Å². The molecule has 0 atom stereocenters. The molecular formula is C22H23ClOSi. The summed E-state index contributed by atoms with van der Waals surface area (Å²) in [5.41, 5.74) is 0. The Morgan fingerprint density at radius 1 is 0.720 bits per heavy atom. The van der Waals surface area contributed by atoms with E-state index in [-0.39, 0.29) is 5.04 Å². The van der Waals surface area contributed by atoms with Crippen LogP contribution >= 0.6 is 11.6 Å². The van der Waals surface area contributed by atoms with Crippen LogP contribution in [0.4, 0.5) is 0 Å². The van der Waals surface area contributed by atoms with Gasteiger partial charge in [-0.1, -0.05) is 99.1 Å². The molecule has 3 aromatic rings. The van der Waals surface area contributed by atoms with Crippen LogP contribution in [0, 0.1) is 0 Å². The minimum atomic E-state index is -2.57. The van der Waals surface area contributed by atoms with Crippen molar-refractivity contribution < 1.29 is 4.43 Å². The standard InChI is InChI=1S/C22H23ClOSi/c1-22(2,3)25(20-13-6-4-7-14-20,21-15-8-5-9-16-21)24-19-12-10-11-18(23)17-19/h4-17H,1-3H3. The van der Waals surface area contributed by atoms with Gasteiger partial charge in [-0.3, -0.25) is 0 Å². The third kappa shape index (κ3) is 3.51. The smallest absolute Gasteiger partial charge is 0.319 e. The first-order valence-corrected chi connectivity index (χ1v) is 10.8. The van der Waals surface area contributed by atoms with Gasteiger partial charge in [-0.2, -0.15) is 0 Å². The normalized spacial score (nSPS) is 12.0. The molecule has 0 saturated carbocycles. The third-order valence-corrected chi connectivity index (χ3v) is 9.67. The summed E-state index contributed by atoms with van der Waals surface area (Å²) >= 11 is 6.22. The number of rotatable bonds is 4. The maximum Gasteiger partial charge on any atom is 0.319 e. The Hall–Kier alpha value is -2.03. The summed E-state index contributed by atoms with van der Waals surface area (Å²) in [7, 11) is -2.57. The van der Waals surface area contributed by atoms with Gasteiger partial charge in [0.25, 0.3) is 0 Å². The van der Waals surface area contributed by atoms with E-state index in [2.05, 4.69) is 81.4 Å². The largest absolute Gasteiger partial charge is 0.534 e. The first-order chi connectivity index (χ1) is 11.9. The molecule has 0 aliphatic rings. The number of hydrogen-bond acceptors (Lipinski definition) is 1. The van der Waals surface area contributed by atoms with E-state index in [4.69, 9.17) is 16.0 Å². The monoisotopic (exact) mass is 366 g/mol. The maximum absolute atomic E-state index is 6.87. The Morgan fingerprint density at radius 2 is 1.24 bits per heavy atom. The minimum Gasteiger partial charge on any atom is -0.534 e. The molecule has 1 nitrogen and oxygen atoms in total. The lowest BCUT2D eigenvalue weighted by Gasteiger charge is -2.43. The average Bonchev–Trinajstić information content (AvgIpc) is 2.60. The number of halogens is 1. The van der Waals surface area contributed by atoms with Crippen LogP contribution in [-0.4, -0.2) is 8.32 Å². The molecule has 0 spiro atoms. The molecular weight excluding hydrogens is 344 g/mol. The highest BCUT2D eigenvalue weighted by Crippen LogP contribution is 2.37. The van der Waals surface area contributed by atoms with Crippen LogP contribution in [0.5, 0.6) is 5.75 Å². The van der Waals surface area contributed by atoms with Gasteiger partial charge in [0.2, 0.25) is 0 Å². The molecule has 128 valence electrons. The highest BCUT2D eigenvalue weighted by molar-refractivity contribution is 7.00. The van der Waals surface area contributed by atoms with Crippen molar-refractivity contribution in [3.8, 4) is 5.75 Å². The molecule has 0 fully saturated rings. The molecule has 0 bridgehead atoms. The van der Waals surface area contributed by atoms with Crippen LogP contribution in [0.1, 0.15) is 20.8 Å². The second kappa shape index (κ2) is 7.07. The summed E-state index contributed by atoms with van der Waals surface area (Å²) < 4.78 is 6.87. The van der Waals surface area contributed by atoms with Crippen LogP contribution < -0.4 is 14.8 Å². The molecule has 0 unspecified atom stereocenters. The van der Waals surface area contributed by atoms with E-state index in [0.717, 1.165) is 5.75 Å². The lowest BCUT2D eigenvalue weighted by atomic mass is 10.2. The number of benzene rings is 3. The number of hydrogen-bond donors (Lipinski definition) is 0. The van der Waals surface area contributed by atoms with E-state index in [1.165, 1.54) is 10.4 Å². The van der Waals surface area contributed by atoms with Gasteiger partial charge in [0.15, 0.2) is 0 Å². The topological polar surface area (TPSA) is 9.23 Å². The minimum absolute atomic E-state index is 0.0575. The third-order valence-electron chi connectivity index (χ3n) is 4.48. The first kappa shape index (κ1) is 17.8. The lowest BCUT2D eigenvalue weighted by Crippen LogP contribution is -2.68. The quantitative estimate of drug-likeness (QED) is 0.571. The van der Waals surface area contributed by atoms with Gasteiger partial charge in [-0.05, 0) is 33.6 Å². The van der Waals surface area contributed by atoms with Crippen LogP contribution in [-0.2, 0) is 0 Å². The maximum atomic E-state index is 6.87. The summed E-state index contributed by atoms with van der Waals surface area (Å²) in [6.07, 6.45) is 0. The van der Waals surface area contributed by atoms with Crippen molar-refractivity contribution in [1.82, 2.24) is 0 Å². The fourth-order valence-corrected chi connectivity index (χ4v) is 7.95. The highest BCUT2D eigenvalue weighted by Gasteiger charge is 2.52. The Labute approximate surface area is 156 Å².